The minimum absolute atomic E-state index is 0.263. The van der Waals surface area contributed by atoms with Crippen LogP contribution in [-0.2, 0) is 12.8 Å². The van der Waals surface area contributed by atoms with Crippen LogP contribution in [0.25, 0.3) is 0 Å². The molecule has 2 aromatic rings. The number of halogens is 1. The standard InChI is InChI=1S/C16H18ClNOS/c1-11-2-4-15-12(8-11)9-13(19-15)10-18-7-6-14-3-5-16(17)20-14/h2-5,8,13,18H,6-7,9-10H2,1H3. The average molecular weight is 308 g/mol. The van der Waals surface area contributed by atoms with Crippen molar-refractivity contribution in [3.63, 3.8) is 0 Å². The third-order valence-corrected chi connectivity index (χ3v) is 4.80. The molecule has 0 radical (unpaired) electrons. The van der Waals surface area contributed by atoms with E-state index in [-0.39, 0.29) is 6.10 Å². The molecule has 2 nitrogen and oxygen atoms in total. The quantitative estimate of drug-likeness (QED) is 0.847. The molecule has 4 heteroatoms. The molecule has 1 N–H and O–H groups in total. The highest BCUT2D eigenvalue weighted by Gasteiger charge is 2.22. The monoisotopic (exact) mass is 307 g/mol. The van der Waals surface area contributed by atoms with Crippen LogP contribution in [0.5, 0.6) is 5.75 Å². The van der Waals surface area contributed by atoms with Crippen molar-refractivity contribution in [2.75, 3.05) is 13.1 Å². The van der Waals surface area contributed by atoms with Crippen LogP contribution >= 0.6 is 22.9 Å². The van der Waals surface area contributed by atoms with Crippen molar-refractivity contribution in [1.29, 1.82) is 0 Å². The fraction of sp³-hybridized carbons (Fsp3) is 0.375. The van der Waals surface area contributed by atoms with Crippen LogP contribution in [0.2, 0.25) is 4.34 Å². The second kappa shape index (κ2) is 6.17. The van der Waals surface area contributed by atoms with Gasteiger partial charge in [-0.15, -0.1) is 11.3 Å². The zero-order valence-electron chi connectivity index (χ0n) is 11.5. The normalized spacial score (nSPS) is 17.0. The van der Waals surface area contributed by atoms with Gasteiger partial charge in [-0.25, -0.2) is 0 Å². The Morgan fingerprint density at radius 2 is 2.25 bits per heavy atom. The molecule has 1 aromatic heterocycles. The summed E-state index contributed by atoms with van der Waals surface area (Å²) in [6.07, 6.45) is 2.30. The molecular weight excluding hydrogens is 290 g/mol. The highest BCUT2D eigenvalue weighted by Crippen LogP contribution is 2.29. The van der Waals surface area contributed by atoms with E-state index in [1.54, 1.807) is 11.3 Å². The molecule has 1 unspecified atom stereocenters. The third-order valence-electron chi connectivity index (χ3n) is 3.51. The molecule has 0 aliphatic carbocycles. The van der Waals surface area contributed by atoms with Crippen LogP contribution in [0.4, 0.5) is 0 Å². The molecule has 0 amide bonds. The summed E-state index contributed by atoms with van der Waals surface area (Å²) in [4.78, 5) is 1.33. The van der Waals surface area contributed by atoms with Gasteiger partial charge in [0.05, 0.1) is 4.34 Å². The van der Waals surface area contributed by atoms with Crippen LogP contribution in [0.15, 0.2) is 30.3 Å². The Balaban J connectivity index is 1.42. The van der Waals surface area contributed by atoms with Crippen LogP contribution < -0.4 is 10.1 Å². The molecule has 20 heavy (non-hydrogen) atoms. The summed E-state index contributed by atoms with van der Waals surface area (Å²) in [6.45, 7) is 3.98. The number of benzene rings is 1. The Morgan fingerprint density at radius 1 is 1.35 bits per heavy atom. The van der Waals surface area contributed by atoms with Crippen molar-refractivity contribution >= 4 is 22.9 Å². The van der Waals surface area contributed by atoms with Crippen LogP contribution in [-0.4, -0.2) is 19.2 Å². The number of fused-ring (bicyclic) bond motifs is 1. The minimum Gasteiger partial charge on any atom is -0.488 e. The number of thiophene rings is 1. The van der Waals surface area contributed by atoms with E-state index in [0.717, 1.165) is 36.0 Å². The van der Waals surface area contributed by atoms with Gasteiger partial charge in [0.15, 0.2) is 0 Å². The first kappa shape index (κ1) is 13.9. The Labute approximate surface area is 128 Å². The van der Waals surface area contributed by atoms with E-state index in [9.17, 15) is 0 Å². The zero-order valence-corrected chi connectivity index (χ0v) is 13.1. The molecular formula is C16H18ClNOS. The van der Waals surface area contributed by atoms with Crippen LogP contribution in [0.1, 0.15) is 16.0 Å². The lowest BCUT2D eigenvalue weighted by Crippen LogP contribution is -2.31. The largest absolute Gasteiger partial charge is 0.488 e. The van der Waals surface area contributed by atoms with Gasteiger partial charge in [-0.2, -0.15) is 0 Å². The molecule has 106 valence electrons. The number of ether oxygens (including phenoxy) is 1. The summed E-state index contributed by atoms with van der Waals surface area (Å²) in [7, 11) is 0. The first-order chi connectivity index (χ1) is 9.70. The lowest BCUT2D eigenvalue weighted by molar-refractivity contribution is 0.228. The maximum atomic E-state index is 5.94. The highest BCUT2D eigenvalue weighted by atomic mass is 35.5. The topological polar surface area (TPSA) is 21.3 Å². The zero-order chi connectivity index (χ0) is 13.9. The highest BCUT2D eigenvalue weighted by molar-refractivity contribution is 7.16. The molecule has 1 atom stereocenters. The molecule has 0 bridgehead atoms. The molecule has 0 saturated heterocycles. The van der Waals surface area contributed by atoms with Crippen molar-refractivity contribution in [2.45, 2.75) is 25.9 Å². The predicted octanol–water partition coefficient (Wildman–Crippen LogP) is 3.85. The van der Waals surface area contributed by atoms with Crippen molar-refractivity contribution in [3.05, 3.63) is 50.7 Å². The van der Waals surface area contributed by atoms with E-state index in [1.165, 1.54) is 16.0 Å². The summed E-state index contributed by atoms with van der Waals surface area (Å²) in [5.41, 5.74) is 2.64. The minimum atomic E-state index is 0.263. The molecule has 1 aliphatic rings. The molecule has 0 spiro atoms. The van der Waals surface area contributed by atoms with Gasteiger partial charge in [0.25, 0.3) is 0 Å². The van der Waals surface area contributed by atoms with Gasteiger partial charge in [-0.1, -0.05) is 29.3 Å². The molecule has 2 heterocycles. The summed E-state index contributed by atoms with van der Waals surface area (Å²) in [5.74, 6) is 1.05. The predicted molar refractivity (Wildman–Crippen MR) is 85.2 cm³/mol. The lowest BCUT2D eigenvalue weighted by Gasteiger charge is -2.11. The summed E-state index contributed by atoms with van der Waals surface area (Å²) < 4.78 is 6.80. The lowest BCUT2D eigenvalue weighted by atomic mass is 10.1. The van der Waals surface area contributed by atoms with Crippen molar-refractivity contribution < 1.29 is 4.74 Å². The number of nitrogens with one attached hydrogen (secondary N) is 1. The van der Waals surface area contributed by atoms with E-state index in [4.69, 9.17) is 16.3 Å². The maximum Gasteiger partial charge on any atom is 0.123 e. The molecule has 1 aliphatic heterocycles. The molecule has 3 rings (SSSR count). The molecule has 0 fully saturated rings. The van der Waals surface area contributed by atoms with E-state index in [2.05, 4.69) is 36.5 Å². The fourth-order valence-electron chi connectivity index (χ4n) is 2.52. The van der Waals surface area contributed by atoms with Crippen molar-refractivity contribution in [1.82, 2.24) is 5.32 Å². The van der Waals surface area contributed by atoms with E-state index in [0.29, 0.717) is 0 Å². The Kier molecular flexibility index (Phi) is 4.29. The van der Waals surface area contributed by atoms with Gasteiger partial charge < -0.3 is 10.1 Å². The van der Waals surface area contributed by atoms with E-state index >= 15 is 0 Å². The number of hydrogen-bond acceptors (Lipinski definition) is 3. The Morgan fingerprint density at radius 3 is 3.05 bits per heavy atom. The van der Waals surface area contributed by atoms with E-state index < -0.39 is 0 Å². The van der Waals surface area contributed by atoms with Crippen LogP contribution in [0, 0.1) is 6.92 Å². The van der Waals surface area contributed by atoms with Gasteiger partial charge in [-0.05, 0) is 37.1 Å². The SMILES string of the molecule is Cc1ccc2c(c1)CC(CNCCc1ccc(Cl)s1)O2. The maximum absolute atomic E-state index is 5.94. The van der Waals surface area contributed by atoms with Crippen molar-refractivity contribution in [2.24, 2.45) is 0 Å². The summed E-state index contributed by atoms with van der Waals surface area (Å²) in [5, 5.41) is 3.47. The average Bonchev–Trinajstić information content (AvgIpc) is 3.00. The van der Waals surface area contributed by atoms with Crippen molar-refractivity contribution in [3.8, 4) is 5.75 Å². The van der Waals surface area contributed by atoms with Gasteiger partial charge >= 0.3 is 0 Å². The molecule has 0 saturated carbocycles. The number of hydrogen-bond donors (Lipinski definition) is 1. The number of aryl methyl sites for hydroxylation is 1. The second-order valence-electron chi connectivity index (χ2n) is 5.22. The van der Waals surface area contributed by atoms with E-state index in [1.807, 2.05) is 6.07 Å². The summed E-state index contributed by atoms with van der Waals surface area (Å²) in [6, 6.07) is 10.5. The Hall–Kier alpha value is -1.03. The van der Waals surface area contributed by atoms with Gasteiger partial charge in [0.2, 0.25) is 0 Å². The first-order valence-electron chi connectivity index (χ1n) is 6.92. The van der Waals surface area contributed by atoms with Crippen LogP contribution in [0.3, 0.4) is 0 Å². The van der Waals surface area contributed by atoms with Gasteiger partial charge in [-0.3, -0.25) is 0 Å². The smallest absolute Gasteiger partial charge is 0.123 e. The fourth-order valence-corrected chi connectivity index (χ4v) is 3.61. The Bertz CT molecular complexity index is 596. The first-order valence-corrected chi connectivity index (χ1v) is 8.11. The third kappa shape index (κ3) is 3.35. The van der Waals surface area contributed by atoms with Gasteiger partial charge in [0.1, 0.15) is 11.9 Å². The summed E-state index contributed by atoms with van der Waals surface area (Å²) >= 11 is 7.58. The number of rotatable bonds is 5. The molecule has 1 aromatic carbocycles. The van der Waals surface area contributed by atoms with Gasteiger partial charge in [0, 0.05) is 24.4 Å². The second-order valence-corrected chi connectivity index (χ2v) is 7.01.